The molecule has 4 nitrogen and oxygen atoms in total. The van der Waals surface area contributed by atoms with Crippen LogP contribution < -0.4 is 5.19 Å². The van der Waals surface area contributed by atoms with Crippen LogP contribution in [0.4, 0.5) is 0 Å². The van der Waals surface area contributed by atoms with Crippen molar-refractivity contribution in [2.45, 2.75) is 33.5 Å². The van der Waals surface area contributed by atoms with Crippen LogP contribution >= 0.6 is 0 Å². The van der Waals surface area contributed by atoms with Gasteiger partial charge in [-0.15, -0.1) is 53.2 Å². The Morgan fingerprint density at radius 2 is 1.58 bits per heavy atom. The zero-order chi connectivity index (χ0) is 26.0. The Morgan fingerprint density at radius 3 is 2.24 bits per heavy atom. The normalized spacial score (nSPS) is 11.1. The molecule has 0 aliphatic carbocycles. The fraction of sp³-hybridized carbons (Fsp3) is 0.156. The molecular formula is C32H29IrN3OSi-2. The Kier molecular flexibility index (Phi) is 8.37. The van der Waals surface area contributed by atoms with Crippen molar-refractivity contribution in [3.8, 4) is 22.5 Å². The molecule has 0 saturated heterocycles. The molecule has 0 amide bonds. The van der Waals surface area contributed by atoms with E-state index in [2.05, 4.69) is 71.8 Å². The molecule has 0 aliphatic rings. The summed E-state index contributed by atoms with van der Waals surface area (Å²) in [7, 11) is -1.56. The molecule has 0 bridgehead atoms. The van der Waals surface area contributed by atoms with Gasteiger partial charge in [-0.2, -0.15) is 0 Å². The molecule has 0 N–H and O–H groups in total. The molecule has 193 valence electrons. The average molecular weight is 692 g/mol. The van der Waals surface area contributed by atoms with Crippen molar-refractivity contribution >= 4 is 35.3 Å². The Labute approximate surface area is 238 Å². The number of hydrogen-bond acceptors (Lipinski definition) is 4. The van der Waals surface area contributed by atoms with Crippen molar-refractivity contribution < 1.29 is 24.5 Å². The molecule has 6 aromatic rings. The van der Waals surface area contributed by atoms with Gasteiger partial charge in [0, 0.05) is 52.2 Å². The van der Waals surface area contributed by atoms with E-state index in [9.17, 15) is 0 Å². The zero-order valence-electron chi connectivity index (χ0n) is 22.2. The molecule has 4 heterocycles. The molecule has 4 aromatic heterocycles. The third kappa shape index (κ3) is 5.83. The Hall–Kier alpha value is -3.44. The monoisotopic (exact) mass is 692 g/mol. The third-order valence-electron chi connectivity index (χ3n) is 6.17. The first-order valence-electron chi connectivity index (χ1n) is 12.4. The predicted molar refractivity (Wildman–Crippen MR) is 155 cm³/mol. The van der Waals surface area contributed by atoms with E-state index in [1.54, 1.807) is 6.20 Å². The largest absolute Gasteiger partial charge is 0.486 e. The number of aryl methyl sites for hydroxylation is 2. The quantitative estimate of drug-likeness (QED) is 0.142. The van der Waals surface area contributed by atoms with E-state index in [1.807, 2.05) is 67.8 Å². The maximum atomic E-state index is 6.17. The number of furan rings is 1. The zero-order valence-corrected chi connectivity index (χ0v) is 25.6. The summed E-state index contributed by atoms with van der Waals surface area (Å²) < 4.78 is 6.17. The molecule has 0 aliphatic heterocycles. The van der Waals surface area contributed by atoms with E-state index >= 15 is 0 Å². The van der Waals surface area contributed by atoms with Crippen LogP contribution in [-0.4, -0.2) is 23.0 Å². The van der Waals surface area contributed by atoms with Crippen LogP contribution in [0.2, 0.25) is 19.6 Å². The average Bonchev–Trinajstić information content (AvgIpc) is 3.28. The molecule has 6 heteroatoms. The number of benzene rings is 2. The molecule has 0 atom stereocenters. The summed E-state index contributed by atoms with van der Waals surface area (Å²) in [6.07, 6.45) is 5.52. The van der Waals surface area contributed by atoms with Crippen LogP contribution in [0.3, 0.4) is 0 Å². The topological polar surface area (TPSA) is 51.8 Å². The van der Waals surface area contributed by atoms with E-state index in [0.29, 0.717) is 5.71 Å². The van der Waals surface area contributed by atoms with Gasteiger partial charge in [-0.3, -0.25) is 0 Å². The minimum Gasteiger partial charge on any atom is -0.486 e. The van der Waals surface area contributed by atoms with Gasteiger partial charge < -0.3 is 14.4 Å². The Morgan fingerprint density at radius 1 is 0.789 bits per heavy atom. The van der Waals surface area contributed by atoms with Crippen molar-refractivity contribution in [1.82, 2.24) is 15.0 Å². The van der Waals surface area contributed by atoms with E-state index in [-0.39, 0.29) is 20.1 Å². The number of fused-ring (bicyclic) bond motifs is 3. The second kappa shape index (κ2) is 11.5. The number of aromatic nitrogens is 3. The second-order valence-electron chi connectivity index (χ2n) is 10.2. The molecule has 6 rings (SSSR count). The van der Waals surface area contributed by atoms with Crippen molar-refractivity contribution in [3.05, 3.63) is 109 Å². The standard InChI is InChI=1S/C20H19N2OSi.C12H10N.Ir/c1-13-11-15-18-17(24(2,3)4)9-8-14(16-7-5-6-10-21-16)19(18)23-20(15)22-12-13;1-10-7-8-12(13-9-10)11-5-3-2-4-6-11;/h5-7,9-12H,1-4H3;2-5,7-9H,1H3;/q2*-1;. The molecule has 0 fully saturated rings. The van der Waals surface area contributed by atoms with E-state index in [1.165, 1.54) is 16.1 Å². The molecule has 0 spiro atoms. The van der Waals surface area contributed by atoms with Crippen LogP contribution in [0, 0.1) is 26.0 Å². The number of rotatable bonds is 3. The molecular weight excluding hydrogens is 663 g/mol. The summed E-state index contributed by atoms with van der Waals surface area (Å²) >= 11 is 0. The number of hydrogen-bond donors (Lipinski definition) is 0. The summed E-state index contributed by atoms with van der Waals surface area (Å²) in [5, 5.41) is 3.62. The van der Waals surface area contributed by atoms with Crippen molar-refractivity contribution in [2.24, 2.45) is 0 Å². The summed E-state index contributed by atoms with van der Waals surface area (Å²) in [6.45, 7) is 11.1. The Balaban J connectivity index is 0.000000204. The van der Waals surface area contributed by atoms with Gasteiger partial charge in [-0.1, -0.05) is 54.9 Å². The first-order valence-corrected chi connectivity index (χ1v) is 15.9. The van der Waals surface area contributed by atoms with E-state index in [4.69, 9.17) is 4.42 Å². The van der Waals surface area contributed by atoms with Crippen LogP contribution in [0.15, 0.2) is 89.7 Å². The van der Waals surface area contributed by atoms with Crippen LogP contribution in [0.5, 0.6) is 0 Å². The molecule has 0 saturated carbocycles. The molecule has 1 radical (unpaired) electrons. The summed E-state index contributed by atoms with van der Waals surface area (Å²) in [5.41, 5.74) is 7.66. The maximum Gasteiger partial charge on any atom is 0.216 e. The Bertz CT molecular complexity index is 1660. The van der Waals surface area contributed by atoms with Crippen LogP contribution in [-0.2, 0) is 20.1 Å². The van der Waals surface area contributed by atoms with Crippen LogP contribution in [0.1, 0.15) is 11.1 Å². The number of pyridine rings is 3. The second-order valence-corrected chi connectivity index (χ2v) is 15.2. The summed E-state index contributed by atoms with van der Waals surface area (Å²) in [4.78, 5) is 13.3. The van der Waals surface area contributed by atoms with Gasteiger partial charge in [0.25, 0.3) is 0 Å². The van der Waals surface area contributed by atoms with Crippen molar-refractivity contribution in [2.75, 3.05) is 0 Å². The van der Waals surface area contributed by atoms with E-state index < -0.39 is 8.07 Å². The van der Waals surface area contributed by atoms with Gasteiger partial charge in [0.15, 0.2) is 0 Å². The predicted octanol–water partition coefficient (Wildman–Crippen LogP) is 7.55. The fourth-order valence-electron chi connectivity index (χ4n) is 4.28. The molecule has 38 heavy (non-hydrogen) atoms. The fourth-order valence-corrected chi connectivity index (χ4v) is 5.79. The van der Waals surface area contributed by atoms with Gasteiger partial charge in [-0.25, -0.2) is 4.98 Å². The molecule has 0 unspecified atom stereocenters. The maximum absolute atomic E-state index is 6.17. The molecule has 2 aromatic carbocycles. The minimum absolute atomic E-state index is 0. The summed E-state index contributed by atoms with van der Waals surface area (Å²) in [5.74, 6) is 0. The summed E-state index contributed by atoms with van der Waals surface area (Å²) in [6, 6.07) is 28.7. The van der Waals surface area contributed by atoms with Crippen molar-refractivity contribution in [3.63, 3.8) is 0 Å². The van der Waals surface area contributed by atoms with Gasteiger partial charge in [0.1, 0.15) is 0 Å². The van der Waals surface area contributed by atoms with Gasteiger partial charge in [0.2, 0.25) is 5.71 Å². The smallest absolute Gasteiger partial charge is 0.216 e. The van der Waals surface area contributed by atoms with Gasteiger partial charge in [-0.05, 0) is 48.5 Å². The van der Waals surface area contributed by atoms with Crippen LogP contribution in [0.25, 0.3) is 44.6 Å². The SMILES string of the molecule is Cc1ccc(-c2[c-]cccc2)nc1.Cc1cnc2oc3c(-c4ccccn4)[c-]cc([Si](C)(C)C)c3c2c1.[Ir]. The van der Waals surface area contributed by atoms with Gasteiger partial charge in [0.05, 0.1) is 5.58 Å². The van der Waals surface area contributed by atoms with Crippen molar-refractivity contribution in [1.29, 1.82) is 0 Å². The number of nitrogens with zero attached hydrogens (tertiary/aromatic N) is 3. The van der Waals surface area contributed by atoms with Gasteiger partial charge >= 0.3 is 0 Å². The minimum atomic E-state index is -1.56. The first-order chi connectivity index (χ1) is 17.8. The first kappa shape index (κ1) is 27.6. The third-order valence-corrected chi connectivity index (χ3v) is 8.18. The van der Waals surface area contributed by atoms with E-state index in [0.717, 1.165) is 39.0 Å².